The molecule has 2 nitrogen and oxygen atoms in total. The average molecular weight is 397 g/mol. The quantitative estimate of drug-likeness (QED) is 0.714. The molecule has 1 unspecified atom stereocenters. The Morgan fingerprint density at radius 3 is 1.67 bits per heavy atom. The first-order valence-electron chi connectivity index (χ1n) is 9.05. The van der Waals surface area contributed by atoms with Gasteiger partial charge in [-0.05, 0) is 21.8 Å². The van der Waals surface area contributed by atoms with Crippen molar-refractivity contribution in [1.29, 1.82) is 0 Å². The molecule has 0 saturated heterocycles. The standard InChI is InChI=1S/C21H27F3O2Si/c1-20(2,3)27(18-10-6-4-7-11-18,19-12-8-5-9-13-19)26-15-14-17(16-25)21(22,23)24/h4-13,17,25H,14-16H2,1-3H3. The minimum absolute atomic E-state index is 0.0575. The largest absolute Gasteiger partial charge is 0.407 e. The second-order valence-corrected chi connectivity index (χ2v) is 12.0. The lowest BCUT2D eigenvalue weighted by atomic mass is 10.1. The second kappa shape index (κ2) is 8.58. The number of halogens is 3. The van der Waals surface area contributed by atoms with Crippen molar-refractivity contribution in [3.63, 3.8) is 0 Å². The van der Waals surface area contributed by atoms with Gasteiger partial charge >= 0.3 is 6.18 Å². The Morgan fingerprint density at radius 2 is 1.33 bits per heavy atom. The fraction of sp³-hybridized carbons (Fsp3) is 0.429. The zero-order chi connectivity index (χ0) is 20.1. The fourth-order valence-corrected chi connectivity index (χ4v) is 8.05. The summed E-state index contributed by atoms with van der Waals surface area (Å²) >= 11 is 0. The Balaban J connectivity index is 2.44. The summed E-state index contributed by atoms with van der Waals surface area (Å²) in [5.41, 5.74) is 0. The molecule has 1 N–H and O–H groups in total. The summed E-state index contributed by atoms with van der Waals surface area (Å²) in [5.74, 6) is -1.77. The first-order chi connectivity index (χ1) is 12.6. The van der Waals surface area contributed by atoms with Crippen LogP contribution in [0.3, 0.4) is 0 Å². The van der Waals surface area contributed by atoms with Crippen LogP contribution in [0.5, 0.6) is 0 Å². The maximum absolute atomic E-state index is 13.0. The summed E-state index contributed by atoms with van der Waals surface area (Å²) in [6, 6.07) is 19.6. The van der Waals surface area contributed by atoms with Gasteiger partial charge in [0, 0.05) is 6.61 Å². The molecule has 0 bridgehead atoms. The van der Waals surface area contributed by atoms with Gasteiger partial charge in [0.1, 0.15) is 0 Å². The summed E-state index contributed by atoms with van der Waals surface area (Å²) in [6.07, 6.45) is -4.69. The molecule has 0 amide bonds. The van der Waals surface area contributed by atoms with Crippen molar-refractivity contribution in [2.75, 3.05) is 13.2 Å². The third-order valence-electron chi connectivity index (χ3n) is 4.88. The smallest absolute Gasteiger partial charge is 0.394 e. The lowest BCUT2D eigenvalue weighted by molar-refractivity contribution is -0.186. The van der Waals surface area contributed by atoms with Gasteiger partial charge in [-0.2, -0.15) is 13.2 Å². The van der Waals surface area contributed by atoms with Gasteiger partial charge in [-0.15, -0.1) is 0 Å². The summed E-state index contributed by atoms with van der Waals surface area (Å²) in [4.78, 5) is 0. The average Bonchev–Trinajstić information content (AvgIpc) is 2.61. The Kier molecular flexibility index (Phi) is 6.89. The number of aliphatic hydroxyl groups is 1. The SMILES string of the molecule is CC(C)(C)[Si](OCCC(CO)C(F)(F)F)(c1ccccc1)c1ccccc1. The maximum atomic E-state index is 13.0. The fourth-order valence-electron chi connectivity index (χ4n) is 3.47. The zero-order valence-electron chi connectivity index (χ0n) is 16.0. The Bertz CT molecular complexity index is 657. The molecule has 0 aromatic heterocycles. The number of hydrogen-bond donors (Lipinski definition) is 1. The van der Waals surface area contributed by atoms with E-state index in [1.165, 1.54) is 0 Å². The highest BCUT2D eigenvalue weighted by atomic mass is 28.4. The van der Waals surface area contributed by atoms with Gasteiger partial charge in [0.25, 0.3) is 8.32 Å². The molecular weight excluding hydrogens is 369 g/mol. The van der Waals surface area contributed by atoms with Crippen molar-refractivity contribution < 1.29 is 22.7 Å². The number of hydrogen-bond acceptors (Lipinski definition) is 2. The molecule has 2 rings (SSSR count). The van der Waals surface area contributed by atoms with Gasteiger partial charge < -0.3 is 9.53 Å². The predicted molar refractivity (Wildman–Crippen MR) is 105 cm³/mol. The van der Waals surface area contributed by atoms with Crippen LogP contribution in [-0.4, -0.2) is 32.8 Å². The topological polar surface area (TPSA) is 29.5 Å². The normalized spacial score (nSPS) is 14.2. The number of rotatable bonds is 7. The lowest BCUT2D eigenvalue weighted by Gasteiger charge is -2.43. The first kappa shape index (κ1) is 21.7. The van der Waals surface area contributed by atoms with Crippen LogP contribution in [0.25, 0.3) is 0 Å². The van der Waals surface area contributed by atoms with Crippen LogP contribution in [0.15, 0.2) is 60.7 Å². The van der Waals surface area contributed by atoms with Gasteiger partial charge in [-0.3, -0.25) is 0 Å². The second-order valence-electron chi connectivity index (χ2n) is 7.72. The summed E-state index contributed by atoms with van der Waals surface area (Å²) < 4.78 is 45.5. The van der Waals surface area contributed by atoms with Crippen LogP contribution < -0.4 is 10.4 Å². The van der Waals surface area contributed by atoms with Gasteiger partial charge in [0.05, 0.1) is 12.5 Å². The van der Waals surface area contributed by atoms with Crippen molar-refractivity contribution in [3.05, 3.63) is 60.7 Å². The van der Waals surface area contributed by atoms with Crippen molar-refractivity contribution in [1.82, 2.24) is 0 Å². The van der Waals surface area contributed by atoms with E-state index in [1.54, 1.807) is 0 Å². The van der Waals surface area contributed by atoms with E-state index in [2.05, 4.69) is 20.8 Å². The van der Waals surface area contributed by atoms with E-state index in [4.69, 9.17) is 9.53 Å². The molecule has 0 spiro atoms. The minimum atomic E-state index is -4.43. The van der Waals surface area contributed by atoms with Crippen LogP contribution in [0, 0.1) is 5.92 Å². The van der Waals surface area contributed by atoms with E-state index in [1.807, 2.05) is 60.7 Å². The van der Waals surface area contributed by atoms with E-state index in [0.717, 1.165) is 10.4 Å². The van der Waals surface area contributed by atoms with Gasteiger partial charge in [-0.25, -0.2) is 0 Å². The Hall–Kier alpha value is -1.63. The molecule has 0 heterocycles. The van der Waals surface area contributed by atoms with Crippen LogP contribution in [0.4, 0.5) is 13.2 Å². The number of benzene rings is 2. The molecule has 0 aliphatic carbocycles. The Morgan fingerprint density at radius 1 is 0.889 bits per heavy atom. The minimum Gasteiger partial charge on any atom is -0.407 e. The van der Waals surface area contributed by atoms with E-state index in [-0.39, 0.29) is 18.1 Å². The molecule has 27 heavy (non-hydrogen) atoms. The van der Waals surface area contributed by atoms with Gasteiger partial charge in [0.2, 0.25) is 0 Å². The first-order valence-corrected chi connectivity index (χ1v) is 11.0. The monoisotopic (exact) mass is 396 g/mol. The van der Waals surface area contributed by atoms with Crippen molar-refractivity contribution in [3.8, 4) is 0 Å². The van der Waals surface area contributed by atoms with Crippen molar-refractivity contribution in [2.24, 2.45) is 5.92 Å². The predicted octanol–water partition coefficient (Wildman–Crippen LogP) is 4.12. The van der Waals surface area contributed by atoms with Crippen LogP contribution in [-0.2, 0) is 4.43 Å². The molecule has 0 radical (unpaired) electrons. The molecule has 0 aliphatic rings. The molecular formula is C21H27F3O2Si. The number of aliphatic hydroxyl groups excluding tert-OH is 1. The van der Waals surface area contributed by atoms with Crippen molar-refractivity contribution >= 4 is 18.7 Å². The van der Waals surface area contributed by atoms with E-state index < -0.39 is 27.0 Å². The number of alkyl halides is 3. The van der Waals surface area contributed by atoms with Gasteiger partial charge in [0.15, 0.2) is 0 Å². The Labute approximate surface area is 160 Å². The molecule has 0 saturated carbocycles. The van der Waals surface area contributed by atoms with Crippen LogP contribution >= 0.6 is 0 Å². The van der Waals surface area contributed by atoms with E-state index in [0.29, 0.717) is 0 Å². The summed E-state index contributed by atoms with van der Waals surface area (Å²) in [5, 5.41) is 10.9. The molecule has 148 valence electrons. The molecule has 2 aromatic carbocycles. The molecule has 6 heteroatoms. The summed E-state index contributed by atoms with van der Waals surface area (Å²) in [6.45, 7) is 5.25. The molecule has 0 fully saturated rings. The highest BCUT2D eigenvalue weighted by Crippen LogP contribution is 2.37. The van der Waals surface area contributed by atoms with E-state index in [9.17, 15) is 13.2 Å². The maximum Gasteiger partial charge on any atom is 0.394 e. The highest BCUT2D eigenvalue weighted by Gasteiger charge is 2.50. The van der Waals surface area contributed by atoms with Gasteiger partial charge in [-0.1, -0.05) is 81.4 Å². The zero-order valence-corrected chi connectivity index (χ0v) is 17.0. The van der Waals surface area contributed by atoms with Crippen molar-refractivity contribution in [2.45, 2.75) is 38.4 Å². The molecule has 2 aromatic rings. The van der Waals surface area contributed by atoms with Crippen LogP contribution in [0.1, 0.15) is 27.2 Å². The molecule has 1 atom stereocenters. The third kappa shape index (κ3) is 4.81. The summed E-state index contributed by atoms with van der Waals surface area (Å²) in [7, 11) is -2.84. The van der Waals surface area contributed by atoms with E-state index >= 15 is 0 Å². The molecule has 0 aliphatic heterocycles. The highest BCUT2D eigenvalue weighted by molar-refractivity contribution is 6.99. The third-order valence-corrected chi connectivity index (χ3v) is 9.93. The van der Waals surface area contributed by atoms with Crippen LogP contribution in [0.2, 0.25) is 5.04 Å². The lowest BCUT2D eigenvalue weighted by Crippen LogP contribution is -2.66.